The van der Waals surface area contributed by atoms with Crippen molar-refractivity contribution in [1.82, 2.24) is 9.21 Å². The first-order chi connectivity index (χ1) is 18.0. The number of carbonyl (C=O) groups is 1. The average molecular weight is 600 g/mol. The number of likely N-dealkylation sites (N-methyl/N-ethyl adjacent to an activating group) is 1. The standard InChI is InChI=1S/C24H29N3O7S4/c1-16-13-27(17(2)15-28)24(29)18-7-4-8-19(25-37(30,31)21-9-5-11-35-21)23(18)34-20(16)14-26(3)38(32,33)22-10-6-12-36-22/h4-12,16-17,20,25,28H,13-15H2,1-3H3/t16-,17-,20-/m1/s1. The quantitative estimate of drug-likeness (QED) is 0.386. The summed E-state index contributed by atoms with van der Waals surface area (Å²) in [5.41, 5.74) is 0.168. The molecule has 1 aromatic carbocycles. The van der Waals surface area contributed by atoms with E-state index in [0.717, 1.165) is 22.7 Å². The first kappa shape index (κ1) is 28.5. The molecule has 0 aliphatic carbocycles. The maximum absolute atomic E-state index is 13.6. The van der Waals surface area contributed by atoms with E-state index >= 15 is 0 Å². The third-order valence-electron chi connectivity index (χ3n) is 6.29. The van der Waals surface area contributed by atoms with Crippen molar-refractivity contribution in [2.45, 2.75) is 34.4 Å². The lowest BCUT2D eigenvalue weighted by Gasteiger charge is -2.38. The third-order valence-corrected chi connectivity index (χ3v) is 12.3. The van der Waals surface area contributed by atoms with E-state index in [1.54, 1.807) is 35.9 Å². The molecule has 206 valence electrons. The van der Waals surface area contributed by atoms with Gasteiger partial charge in [-0.2, -0.15) is 4.31 Å². The van der Waals surface area contributed by atoms with Crippen LogP contribution in [0.2, 0.25) is 0 Å². The summed E-state index contributed by atoms with van der Waals surface area (Å²) in [6, 6.07) is 10.3. The number of amides is 1. The Morgan fingerprint density at radius 1 is 1.11 bits per heavy atom. The largest absolute Gasteiger partial charge is 0.486 e. The molecule has 0 unspecified atom stereocenters. The van der Waals surface area contributed by atoms with Crippen LogP contribution in [-0.4, -0.2) is 75.9 Å². The number of thiophene rings is 2. The highest BCUT2D eigenvalue weighted by Crippen LogP contribution is 2.36. The van der Waals surface area contributed by atoms with Gasteiger partial charge in [0.1, 0.15) is 14.5 Å². The second-order valence-corrected chi connectivity index (χ2v) is 15.1. The molecule has 0 radical (unpaired) electrons. The van der Waals surface area contributed by atoms with Crippen LogP contribution in [0.3, 0.4) is 0 Å². The predicted molar refractivity (Wildman–Crippen MR) is 147 cm³/mol. The van der Waals surface area contributed by atoms with Gasteiger partial charge in [0.25, 0.3) is 26.0 Å². The first-order valence-electron chi connectivity index (χ1n) is 11.7. The second kappa shape index (κ2) is 11.3. The van der Waals surface area contributed by atoms with Gasteiger partial charge in [0.15, 0.2) is 5.75 Å². The fourth-order valence-electron chi connectivity index (χ4n) is 4.07. The summed E-state index contributed by atoms with van der Waals surface area (Å²) in [4.78, 5) is 15.1. The Morgan fingerprint density at radius 3 is 2.37 bits per heavy atom. The maximum Gasteiger partial charge on any atom is 0.271 e. The Kier molecular flexibility index (Phi) is 8.49. The van der Waals surface area contributed by atoms with Crippen molar-refractivity contribution in [2.75, 3.05) is 31.5 Å². The minimum absolute atomic E-state index is 0.00578. The van der Waals surface area contributed by atoms with E-state index in [1.165, 1.54) is 40.5 Å². The van der Waals surface area contributed by atoms with E-state index in [4.69, 9.17) is 4.74 Å². The number of hydrogen-bond donors (Lipinski definition) is 2. The number of aliphatic hydroxyl groups excluding tert-OH is 1. The predicted octanol–water partition coefficient (Wildman–Crippen LogP) is 3.15. The number of aliphatic hydroxyl groups is 1. The molecule has 0 spiro atoms. The molecule has 2 aromatic heterocycles. The number of para-hydroxylation sites is 1. The Bertz CT molecular complexity index is 1470. The lowest BCUT2D eigenvalue weighted by molar-refractivity contribution is 0.0389. The minimum atomic E-state index is -3.96. The van der Waals surface area contributed by atoms with E-state index < -0.39 is 38.1 Å². The van der Waals surface area contributed by atoms with Crippen molar-refractivity contribution < 1.29 is 31.5 Å². The molecule has 4 rings (SSSR count). The monoisotopic (exact) mass is 599 g/mol. The zero-order valence-electron chi connectivity index (χ0n) is 21.0. The highest BCUT2D eigenvalue weighted by Gasteiger charge is 2.36. The summed E-state index contributed by atoms with van der Waals surface area (Å²) in [5, 5.41) is 13.2. The number of sulfonamides is 2. The van der Waals surface area contributed by atoms with Crippen LogP contribution in [0.25, 0.3) is 0 Å². The Labute approximate surface area is 230 Å². The number of carbonyl (C=O) groups excluding carboxylic acids is 1. The SMILES string of the molecule is C[C@@H]1CN([C@H](C)CO)C(=O)c2cccc(NS(=O)(=O)c3cccs3)c2O[C@@H]1CN(C)S(=O)(=O)c1cccs1. The van der Waals surface area contributed by atoms with Gasteiger partial charge in [-0.25, -0.2) is 16.8 Å². The molecule has 0 saturated heterocycles. The van der Waals surface area contributed by atoms with Crippen LogP contribution in [-0.2, 0) is 20.0 Å². The topological polar surface area (TPSA) is 133 Å². The Morgan fingerprint density at radius 2 is 1.76 bits per heavy atom. The minimum Gasteiger partial charge on any atom is -0.486 e. The molecule has 10 nitrogen and oxygen atoms in total. The van der Waals surface area contributed by atoms with Gasteiger partial charge in [-0.1, -0.05) is 25.1 Å². The van der Waals surface area contributed by atoms with Gasteiger partial charge < -0.3 is 14.7 Å². The molecule has 0 saturated carbocycles. The van der Waals surface area contributed by atoms with Crippen molar-refractivity contribution in [2.24, 2.45) is 5.92 Å². The van der Waals surface area contributed by atoms with Gasteiger partial charge in [-0.05, 0) is 41.9 Å². The zero-order chi connectivity index (χ0) is 27.7. The van der Waals surface area contributed by atoms with E-state index in [0.29, 0.717) is 0 Å². The number of benzene rings is 1. The van der Waals surface area contributed by atoms with Crippen LogP contribution in [0.5, 0.6) is 5.75 Å². The summed E-state index contributed by atoms with van der Waals surface area (Å²) in [6.45, 7) is 3.39. The number of fused-ring (bicyclic) bond motifs is 1. The van der Waals surface area contributed by atoms with Gasteiger partial charge in [0.05, 0.1) is 30.4 Å². The lowest BCUT2D eigenvalue weighted by atomic mass is 9.99. The zero-order valence-corrected chi connectivity index (χ0v) is 24.2. The van der Waals surface area contributed by atoms with Gasteiger partial charge in [-0.15, -0.1) is 22.7 Å². The summed E-state index contributed by atoms with van der Waals surface area (Å²) in [7, 11) is -6.30. The van der Waals surface area contributed by atoms with Crippen LogP contribution < -0.4 is 9.46 Å². The van der Waals surface area contributed by atoms with E-state index in [1.807, 2.05) is 6.92 Å². The normalized spacial score (nSPS) is 19.4. The molecule has 3 aromatic rings. The number of nitrogens with zero attached hydrogens (tertiary/aromatic N) is 2. The average Bonchev–Trinajstić information content (AvgIpc) is 3.61. The van der Waals surface area contributed by atoms with Crippen LogP contribution in [0.1, 0.15) is 24.2 Å². The molecular formula is C24H29N3O7S4. The third kappa shape index (κ3) is 5.75. The number of nitrogens with one attached hydrogen (secondary N) is 1. The fraction of sp³-hybridized carbons (Fsp3) is 0.375. The van der Waals surface area contributed by atoms with Crippen LogP contribution >= 0.6 is 22.7 Å². The summed E-state index contributed by atoms with van der Waals surface area (Å²) < 4.78 is 62.6. The number of rotatable bonds is 9. The van der Waals surface area contributed by atoms with Crippen molar-refractivity contribution in [3.63, 3.8) is 0 Å². The number of anilines is 1. The molecule has 0 bridgehead atoms. The number of hydrogen-bond acceptors (Lipinski definition) is 9. The lowest BCUT2D eigenvalue weighted by Crippen LogP contribution is -2.50. The van der Waals surface area contributed by atoms with Gasteiger partial charge in [0, 0.05) is 19.5 Å². The molecule has 38 heavy (non-hydrogen) atoms. The van der Waals surface area contributed by atoms with Crippen LogP contribution in [0.15, 0.2) is 61.6 Å². The van der Waals surface area contributed by atoms with Crippen molar-refractivity contribution in [1.29, 1.82) is 0 Å². The molecular weight excluding hydrogens is 571 g/mol. The molecule has 14 heteroatoms. The van der Waals surface area contributed by atoms with Crippen molar-refractivity contribution >= 4 is 54.3 Å². The van der Waals surface area contributed by atoms with Gasteiger partial charge in [0.2, 0.25) is 0 Å². The van der Waals surface area contributed by atoms with E-state index in [-0.39, 0.29) is 51.0 Å². The van der Waals surface area contributed by atoms with Crippen LogP contribution in [0.4, 0.5) is 5.69 Å². The molecule has 0 fully saturated rings. The molecule has 1 aliphatic heterocycles. The highest BCUT2D eigenvalue weighted by atomic mass is 32.3. The highest BCUT2D eigenvalue weighted by molar-refractivity contribution is 7.94. The number of ether oxygens (including phenoxy) is 1. The van der Waals surface area contributed by atoms with Gasteiger partial charge in [-0.3, -0.25) is 9.52 Å². The van der Waals surface area contributed by atoms with Gasteiger partial charge >= 0.3 is 0 Å². The maximum atomic E-state index is 13.6. The molecule has 1 aliphatic rings. The Balaban J connectivity index is 1.76. The smallest absolute Gasteiger partial charge is 0.271 e. The summed E-state index contributed by atoms with van der Waals surface area (Å²) >= 11 is 2.15. The Hall–Kier alpha value is -2.49. The summed E-state index contributed by atoms with van der Waals surface area (Å²) in [6.07, 6.45) is -0.748. The molecule has 3 heterocycles. The first-order valence-corrected chi connectivity index (χ1v) is 16.4. The van der Waals surface area contributed by atoms with Crippen molar-refractivity contribution in [3.8, 4) is 5.75 Å². The fourth-order valence-corrected chi connectivity index (χ4v) is 8.51. The molecule has 3 atom stereocenters. The second-order valence-electron chi connectivity index (χ2n) is 9.06. The summed E-state index contributed by atoms with van der Waals surface area (Å²) in [5.74, 6) is -0.793. The molecule has 1 amide bonds. The van der Waals surface area contributed by atoms with E-state index in [9.17, 15) is 26.7 Å². The van der Waals surface area contributed by atoms with Crippen molar-refractivity contribution in [3.05, 3.63) is 58.8 Å². The van der Waals surface area contributed by atoms with Crippen LogP contribution in [0, 0.1) is 5.92 Å². The van der Waals surface area contributed by atoms with E-state index in [2.05, 4.69) is 4.72 Å². The molecule has 2 N–H and O–H groups in total.